The average Bonchev–Trinajstić information content (AvgIpc) is 2.97. The molecule has 0 rings (SSSR count). The first kappa shape index (κ1) is 51.6. The van der Waals surface area contributed by atoms with Gasteiger partial charge in [0.25, 0.3) is 0 Å². The van der Waals surface area contributed by atoms with Gasteiger partial charge in [-0.2, -0.15) is 0 Å². The van der Waals surface area contributed by atoms with Crippen LogP contribution in [0.1, 0.15) is 262 Å². The maximum absolute atomic E-state index is 2.27. The van der Waals surface area contributed by atoms with Gasteiger partial charge in [0.05, 0.1) is 0 Å². The number of hydrogen-bond donors (Lipinski definition) is 0. The fourth-order valence-corrected chi connectivity index (χ4v) is 4.83. The normalized spacial score (nSPS) is 9.95. The van der Waals surface area contributed by atoms with Gasteiger partial charge in [0.15, 0.2) is 0 Å². The maximum Gasteiger partial charge on any atom is 1.00 e. The van der Waals surface area contributed by atoms with E-state index in [2.05, 4.69) is 55.4 Å². The van der Waals surface area contributed by atoms with E-state index in [4.69, 9.17) is 0 Å². The van der Waals surface area contributed by atoms with E-state index in [9.17, 15) is 0 Å². The van der Waals surface area contributed by atoms with Crippen LogP contribution in [0.3, 0.4) is 0 Å². The van der Waals surface area contributed by atoms with Crippen molar-refractivity contribution in [1.29, 1.82) is 0 Å². The fourth-order valence-electron chi connectivity index (χ4n) is 4.83. The first-order chi connectivity index (χ1) is 19.7. The second-order valence-electron chi connectivity index (χ2n) is 12.5. The third-order valence-electron chi connectivity index (χ3n) is 7.83. The van der Waals surface area contributed by atoms with Crippen LogP contribution in [0.15, 0.2) is 0 Å². The van der Waals surface area contributed by atoms with Crippen molar-refractivity contribution in [2.75, 3.05) is 0 Å². The third-order valence-corrected chi connectivity index (χ3v) is 7.83. The van der Waals surface area contributed by atoms with Gasteiger partial charge in [-0.05, 0) is 0 Å². The van der Waals surface area contributed by atoms with Crippen LogP contribution in [0.5, 0.6) is 0 Å². The standard InChI is InChI=1S/4C10H22.Na.H/c4*1-3-5-7-9-10-8-6-4-2;;/h4*3-10H2,1-2H3;;/q;;;;+1;-1. The Morgan fingerprint density at radius 1 is 0.171 bits per heavy atom. The molecule has 0 heterocycles. The van der Waals surface area contributed by atoms with Crippen molar-refractivity contribution in [2.45, 2.75) is 261 Å². The molecular weight excluding hydrogens is 503 g/mol. The Labute approximate surface area is 290 Å². The molecule has 0 aromatic rings. The molecule has 0 N–H and O–H groups in total. The van der Waals surface area contributed by atoms with Crippen molar-refractivity contribution < 1.29 is 31.0 Å². The molecule has 0 bridgehead atoms. The molecular formula is C40H89Na. The molecule has 0 aliphatic rings. The number of unbranched alkanes of at least 4 members (excludes halogenated alkanes) is 28. The van der Waals surface area contributed by atoms with E-state index in [-0.39, 0.29) is 31.0 Å². The van der Waals surface area contributed by atoms with Crippen LogP contribution in [-0.2, 0) is 0 Å². The van der Waals surface area contributed by atoms with Crippen LogP contribution in [0, 0.1) is 0 Å². The van der Waals surface area contributed by atoms with E-state index >= 15 is 0 Å². The minimum absolute atomic E-state index is 0. The van der Waals surface area contributed by atoms with Crippen LogP contribution in [0.25, 0.3) is 0 Å². The van der Waals surface area contributed by atoms with E-state index in [1.165, 1.54) is 205 Å². The molecule has 250 valence electrons. The van der Waals surface area contributed by atoms with E-state index < -0.39 is 0 Å². The second-order valence-corrected chi connectivity index (χ2v) is 12.5. The van der Waals surface area contributed by atoms with Gasteiger partial charge in [0.1, 0.15) is 0 Å². The van der Waals surface area contributed by atoms with Crippen LogP contribution in [0.4, 0.5) is 0 Å². The van der Waals surface area contributed by atoms with Crippen molar-refractivity contribution in [2.24, 2.45) is 0 Å². The van der Waals surface area contributed by atoms with Crippen molar-refractivity contribution >= 4 is 0 Å². The van der Waals surface area contributed by atoms with Gasteiger partial charge in [0.2, 0.25) is 0 Å². The Hall–Kier alpha value is 1.00. The molecule has 41 heavy (non-hydrogen) atoms. The van der Waals surface area contributed by atoms with Gasteiger partial charge in [-0.1, -0.05) is 261 Å². The maximum atomic E-state index is 2.27. The molecule has 0 aromatic heterocycles. The van der Waals surface area contributed by atoms with Crippen molar-refractivity contribution in [3.63, 3.8) is 0 Å². The molecule has 0 atom stereocenters. The summed E-state index contributed by atoms with van der Waals surface area (Å²) in [5, 5.41) is 0. The summed E-state index contributed by atoms with van der Waals surface area (Å²) in [4.78, 5) is 0. The molecule has 0 aromatic carbocycles. The summed E-state index contributed by atoms with van der Waals surface area (Å²) in [5.74, 6) is 0. The molecule has 1 heteroatoms. The topological polar surface area (TPSA) is 0 Å². The molecule has 0 saturated carbocycles. The van der Waals surface area contributed by atoms with Gasteiger partial charge in [-0.25, -0.2) is 0 Å². The fraction of sp³-hybridized carbons (Fsp3) is 1.00. The predicted octanol–water partition coefficient (Wildman–Crippen LogP) is 13.7. The third kappa shape index (κ3) is 74.2. The van der Waals surface area contributed by atoms with Crippen LogP contribution < -0.4 is 29.6 Å². The zero-order valence-corrected chi connectivity index (χ0v) is 33.6. The predicted molar refractivity (Wildman–Crippen MR) is 194 cm³/mol. The smallest absolute Gasteiger partial charge is 1.00 e. The zero-order valence-electron chi connectivity index (χ0n) is 32.6. The van der Waals surface area contributed by atoms with Gasteiger partial charge in [-0.3, -0.25) is 0 Å². The molecule has 0 aliphatic heterocycles. The molecule has 0 unspecified atom stereocenters. The zero-order chi connectivity index (χ0) is 30.6. The summed E-state index contributed by atoms with van der Waals surface area (Å²) in [6.07, 6.45) is 45.8. The molecule has 0 saturated heterocycles. The van der Waals surface area contributed by atoms with Crippen LogP contribution in [-0.4, -0.2) is 0 Å². The Morgan fingerprint density at radius 3 is 0.317 bits per heavy atom. The summed E-state index contributed by atoms with van der Waals surface area (Å²) < 4.78 is 0. The molecule has 0 nitrogen and oxygen atoms in total. The largest absolute Gasteiger partial charge is 1.00 e. The Kier molecular flexibility index (Phi) is 75.8. The molecule has 0 aliphatic carbocycles. The molecule has 0 radical (unpaired) electrons. The molecule has 0 fully saturated rings. The van der Waals surface area contributed by atoms with Crippen molar-refractivity contribution in [1.82, 2.24) is 0 Å². The Balaban J connectivity index is -0.000000101. The van der Waals surface area contributed by atoms with Gasteiger partial charge >= 0.3 is 29.6 Å². The van der Waals surface area contributed by atoms with Crippen molar-refractivity contribution in [3.8, 4) is 0 Å². The quantitative estimate of drug-likeness (QED) is 0.0626. The monoisotopic (exact) mass is 593 g/mol. The first-order valence-electron chi connectivity index (χ1n) is 19.7. The van der Waals surface area contributed by atoms with E-state index in [1.807, 2.05) is 0 Å². The van der Waals surface area contributed by atoms with Gasteiger partial charge < -0.3 is 1.43 Å². The van der Waals surface area contributed by atoms with E-state index in [0.29, 0.717) is 0 Å². The SMILES string of the molecule is CCCCCCCCCC.CCCCCCCCCC.CCCCCCCCCC.CCCCCCCCCC.[H-].[Na+]. The number of hydrogen-bond acceptors (Lipinski definition) is 0. The van der Waals surface area contributed by atoms with E-state index in [0.717, 1.165) is 0 Å². The van der Waals surface area contributed by atoms with Crippen LogP contribution >= 0.6 is 0 Å². The Bertz CT molecular complexity index is 238. The summed E-state index contributed by atoms with van der Waals surface area (Å²) in [6, 6.07) is 0. The average molecular weight is 593 g/mol. The second kappa shape index (κ2) is 60.2. The van der Waals surface area contributed by atoms with Gasteiger partial charge in [0, 0.05) is 0 Å². The van der Waals surface area contributed by atoms with Crippen LogP contribution in [0.2, 0.25) is 0 Å². The summed E-state index contributed by atoms with van der Waals surface area (Å²) >= 11 is 0. The van der Waals surface area contributed by atoms with Gasteiger partial charge in [-0.15, -0.1) is 0 Å². The molecule has 0 spiro atoms. The summed E-state index contributed by atoms with van der Waals surface area (Å²) in [6.45, 7) is 18.2. The summed E-state index contributed by atoms with van der Waals surface area (Å²) in [7, 11) is 0. The van der Waals surface area contributed by atoms with Crippen molar-refractivity contribution in [3.05, 3.63) is 0 Å². The number of rotatable bonds is 28. The minimum Gasteiger partial charge on any atom is -1.00 e. The summed E-state index contributed by atoms with van der Waals surface area (Å²) in [5.41, 5.74) is 0. The minimum atomic E-state index is 0. The van der Waals surface area contributed by atoms with E-state index in [1.54, 1.807) is 0 Å². The first-order valence-corrected chi connectivity index (χ1v) is 19.7. The molecule has 0 amide bonds. The Morgan fingerprint density at radius 2 is 0.244 bits per heavy atom.